The minimum Gasteiger partial charge on any atom is -0.497 e. The molecule has 0 bridgehead atoms. The first-order valence-corrected chi connectivity index (χ1v) is 8.47. The summed E-state index contributed by atoms with van der Waals surface area (Å²) in [5.74, 6) is 1.58. The van der Waals surface area contributed by atoms with Crippen molar-refractivity contribution >= 4 is 23.6 Å². The van der Waals surface area contributed by atoms with Crippen molar-refractivity contribution in [1.82, 2.24) is 4.90 Å². The van der Waals surface area contributed by atoms with Gasteiger partial charge in [-0.1, -0.05) is 12.1 Å². The van der Waals surface area contributed by atoms with Crippen LogP contribution >= 0.6 is 11.8 Å². The van der Waals surface area contributed by atoms with Gasteiger partial charge in [0, 0.05) is 24.5 Å². The van der Waals surface area contributed by atoms with Crippen LogP contribution in [0.1, 0.15) is 18.4 Å². The summed E-state index contributed by atoms with van der Waals surface area (Å²) >= 11 is 1.71. The zero-order valence-corrected chi connectivity index (χ0v) is 13.5. The van der Waals surface area contributed by atoms with Crippen molar-refractivity contribution in [2.45, 2.75) is 25.3 Å². The molecule has 1 aliphatic rings. The molecule has 1 saturated heterocycles. The van der Waals surface area contributed by atoms with Gasteiger partial charge >= 0.3 is 5.97 Å². The molecule has 5 nitrogen and oxygen atoms in total. The van der Waals surface area contributed by atoms with Crippen LogP contribution in [0.25, 0.3) is 0 Å². The number of ether oxygens (including phenoxy) is 1. The van der Waals surface area contributed by atoms with E-state index in [1.165, 1.54) is 0 Å². The molecule has 0 radical (unpaired) electrons. The molecule has 6 heteroatoms. The van der Waals surface area contributed by atoms with Gasteiger partial charge in [0.05, 0.1) is 19.6 Å². The lowest BCUT2D eigenvalue weighted by Crippen LogP contribution is -2.47. The minimum atomic E-state index is -0.847. The van der Waals surface area contributed by atoms with Crippen LogP contribution < -0.4 is 4.74 Å². The summed E-state index contributed by atoms with van der Waals surface area (Å²) in [6.45, 7) is 0.643. The third-order valence-electron chi connectivity index (χ3n) is 3.74. The maximum absolute atomic E-state index is 12.4. The van der Waals surface area contributed by atoms with Gasteiger partial charge in [0.15, 0.2) is 0 Å². The van der Waals surface area contributed by atoms with Crippen LogP contribution in [0.2, 0.25) is 0 Å². The molecule has 0 saturated carbocycles. The third kappa shape index (κ3) is 4.66. The van der Waals surface area contributed by atoms with Crippen molar-refractivity contribution < 1.29 is 19.4 Å². The Morgan fingerprint density at radius 2 is 2.09 bits per heavy atom. The highest BCUT2D eigenvalue weighted by atomic mass is 32.2. The van der Waals surface area contributed by atoms with E-state index in [2.05, 4.69) is 0 Å². The normalized spacial score (nSPS) is 18.0. The van der Waals surface area contributed by atoms with Crippen LogP contribution in [0, 0.1) is 0 Å². The van der Waals surface area contributed by atoms with Crippen LogP contribution in [0.3, 0.4) is 0 Å². The standard InChI is InChI=1S/C16H21NO4S/c1-21-14-5-2-12(3-6-14)4-7-15(18)17-8-9-22-11-13(17)10-16(19)20/h2-3,5-6,13H,4,7-11H2,1H3,(H,19,20). The number of carboxylic acids is 1. The lowest BCUT2D eigenvalue weighted by molar-refractivity contribution is -0.140. The summed E-state index contributed by atoms with van der Waals surface area (Å²) in [7, 11) is 1.62. The lowest BCUT2D eigenvalue weighted by atomic mass is 10.1. The number of rotatable bonds is 6. The fourth-order valence-corrected chi connectivity index (χ4v) is 3.60. The number of methoxy groups -OCH3 is 1. The molecule has 120 valence electrons. The molecular formula is C16H21NO4S. The molecule has 1 amide bonds. The summed E-state index contributed by atoms with van der Waals surface area (Å²) < 4.78 is 5.11. The van der Waals surface area contributed by atoms with E-state index in [0.29, 0.717) is 25.1 Å². The van der Waals surface area contributed by atoms with E-state index in [0.717, 1.165) is 17.1 Å². The molecule has 0 spiro atoms. The topological polar surface area (TPSA) is 66.8 Å². The first-order chi connectivity index (χ1) is 10.6. The van der Waals surface area contributed by atoms with Crippen molar-refractivity contribution in [3.8, 4) is 5.75 Å². The van der Waals surface area contributed by atoms with Crippen molar-refractivity contribution in [1.29, 1.82) is 0 Å². The highest BCUT2D eigenvalue weighted by Gasteiger charge is 2.28. The molecule has 0 aliphatic carbocycles. The Morgan fingerprint density at radius 3 is 2.73 bits per heavy atom. The first kappa shape index (κ1) is 16.7. The number of hydrogen-bond donors (Lipinski definition) is 1. The first-order valence-electron chi connectivity index (χ1n) is 7.32. The molecule has 1 unspecified atom stereocenters. The number of nitrogens with zero attached hydrogens (tertiary/aromatic N) is 1. The fourth-order valence-electron chi connectivity index (χ4n) is 2.54. The summed E-state index contributed by atoms with van der Waals surface area (Å²) in [6.07, 6.45) is 1.10. The molecule has 2 rings (SSSR count). The molecule has 1 fully saturated rings. The van der Waals surface area contributed by atoms with Gasteiger partial charge in [-0.25, -0.2) is 0 Å². The zero-order valence-electron chi connectivity index (χ0n) is 12.7. The lowest BCUT2D eigenvalue weighted by Gasteiger charge is -2.34. The molecule has 1 atom stereocenters. The number of carbonyl (C=O) groups is 2. The largest absolute Gasteiger partial charge is 0.497 e. The minimum absolute atomic E-state index is 0.0290. The van der Waals surface area contributed by atoms with E-state index in [1.54, 1.807) is 23.8 Å². The average Bonchev–Trinajstić information content (AvgIpc) is 2.53. The van der Waals surface area contributed by atoms with Crippen molar-refractivity contribution in [2.75, 3.05) is 25.2 Å². The quantitative estimate of drug-likeness (QED) is 0.868. The highest BCUT2D eigenvalue weighted by molar-refractivity contribution is 7.99. The summed E-state index contributed by atoms with van der Waals surface area (Å²) in [5.41, 5.74) is 1.08. The number of amides is 1. The number of thioether (sulfide) groups is 1. The summed E-state index contributed by atoms with van der Waals surface area (Å²) in [4.78, 5) is 25.0. The smallest absolute Gasteiger partial charge is 0.305 e. The zero-order chi connectivity index (χ0) is 15.9. The second kappa shape index (κ2) is 8.08. The van der Waals surface area contributed by atoms with E-state index in [1.807, 2.05) is 24.3 Å². The number of benzene rings is 1. The third-order valence-corrected chi connectivity index (χ3v) is 4.84. The molecular weight excluding hydrogens is 302 g/mol. The molecule has 1 aromatic carbocycles. The Balaban J connectivity index is 1.90. The van der Waals surface area contributed by atoms with Gasteiger partial charge in [-0.3, -0.25) is 9.59 Å². The van der Waals surface area contributed by atoms with Crippen molar-refractivity contribution in [3.05, 3.63) is 29.8 Å². The molecule has 1 aromatic rings. The van der Waals surface area contributed by atoms with Crippen LogP contribution in [0.4, 0.5) is 0 Å². The molecule has 1 N–H and O–H groups in total. The second-order valence-electron chi connectivity index (χ2n) is 5.26. The fraction of sp³-hybridized carbons (Fsp3) is 0.500. The van der Waals surface area contributed by atoms with E-state index in [4.69, 9.17) is 9.84 Å². The number of carbonyl (C=O) groups excluding carboxylic acids is 1. The Kier molecular flexibility index (Phi) is 6.12. The Hall–Kier alpha value is -1.69. The van der Waals surface area contributed by atoms with Crippen LogP contribution in [0.15, 0.2) is 24.3 Å². The Bertz CT molecular complexity index is 517. The number of hydrogen-bond acceptors (Lipinski definition) is 4. The SMILES string of the molecule is COc1ccc(CCC(=O)N2CCSCC2CC(=O)O)cc1. The average molecular weight is 323 g/mol. The molecule has 1 aliphatic heterocycles. The van der Waals surface area contributed by atoms with Gasteiger partial charge in [0.1, 0.15) is 5.75 Å². The van der Waals surface area contributed by atoms with Gasteiger partial charge in [-0.2, -0.15) is 11.8 Å². The molecule has 0 aromatic heterocycles. The second-order valence-corrected chi connectivity index (χ2v) is 6.41. The van der Waals surface area contributed by atoms with Gasteiger partial charge in [0.2, 0.25) is 5.91 Å². The van der Waals surface area contributed by atoms with Gasteiger partial charge in [-0.05, 0) is 24.1 Å². The Morgan fingerprint density at radius 1 is 1.36 bits per heavy atom. The van der Waals surface area contributed by atoms with Gasteiger partial charge < -0.3 is 14.7 Å². The van der Waals surface area contributed by atoms with E-state index >= 15 is 0 Å². The van der Waals surface area contributed by atoms with Crippen molar-refractivity contribution in [3.63, 3.8) is 0 Å². The molecule has 22 heavy (non-hydrogen) atoms. The van der Waals surface area contributed by atoms with Crippen LogP contribution in [0.5, 0.6) is 5.75 Å². The van der Waals surface area contributed by atoms with E-state index < -0.39 is 5.97 Å². The number of carboxylic acid groups (broad SMARTS) is 1. The number of aliphatic carboxylic acids is 1. The summed E-state index contributed by atoms with van der Waals surface area (Å²) in [5, 5.41) is 8.96. The van der Waals surface area contributed by atoms with E-state index in [9.17, 15) is 9.59 Å². The van der Waals surface area contributed by atoms with Gasteiger partial charge in [0.25, 0.3) is 0 Å². The highest BCUT2D eigenvalue weighted by Crippen LogP contribution is 2.21. The summed E-state index contributed by atoms with van der Waals surface area (Å²) in [6, 6.07) is 7.48. The maximum atomic E-state index is 12.4. The van der Waals surface area contributed by atoms with E-state index in [-0.39, 0.29) is 18.4 Å². The van der Waals surface area contributed by atoms with Gasteiger partial charge in [-0.15, -0.1) is 0 Å². The van der Waals surface area contributed by atoms with Crippen molar-refractivity contribution in [2.24, 2.45) is 0 Å². The number of aryl methyl sites for hydroxylation is 1. The predicted octanol–water partition coefficient (Wildman–Crippen LogP) is 2.05. The maximum Gasteiger partial charge on any atom is 0.305 e. The van der Waals surface area contributed by atoms with Crippen LogP contribution in [-0.2, 0) is 16.0 Å². The predicted molar refractivity (Wildman–Crippen MR) is 86.4 cm³/mol. The molecule has 1 heterocycles. The van der Waals surface area contributed by atoms with Crippen LogP contribution in [-0.4, -0.2) is 53.1 Å². The monoisotopic (exact) mass is 323 g/mol. The Labute approximate surface area is 134 Å².